The molecule has 0 aliphatic heterocycles. The van der Waals surface area contributed by atoms with Crippen LogP contribution in [0.3, 0.4) is 0 Å². The number of allylic oxidation sites excluding steroid dienone is 4. The maximum atomic E-state index is 4.68. The predicted octanol–water partition coefficient (Wildman–Crippen LogP) is 8.63. The number of rotatable bonds is 9. The van der Waals surface area contributed by atoms with Crippen molar-refractivity contribution in [3.63, 3.8) is 0 Å². The van der Waals surface area contributed by atoms with E-state index >= 15 is 0 Å². The van der Waals surface area contributed by atoms with Gasteiger partial charge in [-0.15, -0.1) is 5.10 Å². The number of para-hydroxylation sites is 1. The van der Waals surface area contributed by atoms with Crippen molar-refractivity contribution in [3.8, 4) is 22.4 Å². The first kappa shape index (κ1) is 24.5. The maximum Gasteiger partial charge on any atom is 0.114 e. The summed E-state index contributed by atoms with van der Waals surface area (Å²) < 4.78 is 0. The van der Waals surface area contributed by atoms with Crippen LogP contribution in [0.25, 0.3) is 34.2 Å². The van der Waals surface area contributed by atoms with Crippen LogP contribution in [0.15, 0.2) is 153 Å². The Hall–Kier alpha value is -5.22. The Kier molecular flexibility index (Phi) is 7.52. The van der Waals surface area contributed by atoms with E-state index in [-0.39, 0.29) is 0 Å². The summed E-state index contributed by atoms with van der Waals surface area (Å²) in [5.41, 5.74) is 8.03. The fourth-order valence-electron chi connectivity index (χ4n) is 4.22. The van der Waals surface area contributed by atoms with Crippen molar-refractivity contribution in [2.45, 2.75) is 0 Å². The average Bonchev–Trinajstić information content (AvgIpc) is 3.48. The van der Waals surface area contributed by atoms with Crippen LogP contribution < -0.4 is 4.90 Å². The molecule has 5 aromatic rings. The van der Waals surface area contributed by atoms with Crippen LogP contribution >= 0.6 is 0 Å². The Morgan fingerprint density at radius 1 is 0.711 bits per heavy atom. The number of nitrogens with zero attached hydrogens (tertiary/aromatic N) is 4. The van der Waals surface area contributed by atoms with Gasteiger partial charge in [0.05, 0.1) is 11.9 Å². The molecule has 0 aliphatic rings. The van der Waals surface area contributed by atoms with Crippen LogP contribution in [0, 0.1) is 0 Å². The molecule has 0 unspecified atom stereocenters. The second kappa shape index (κ2) is 11.7. The van der Waals surface area contributed by atoms with Crippen molar-refractivity contribution in [1.82, 2.24) is 15.0 Å². The highest BCUT2D eigenvalue weighted by Crippen LogP contribution is 2.29. The Labute approximate surface area is 223 Å². The molecule has 0 bridgehead atoms. The van der Waals surface area contributed by atoms with Gasteiger partial charge in [-0.05, 0) is 59.2 Å². The second-order valence-corrected chi connectivity index (χ2v) is 8.57. The van der Waals surface area contributed by atoms with E-state index in [2.05, 4.69) is 88.9 Å². The van der Waals surface area contributed by atoms with E-state index < -0.39 is 0 Å². The third kappa shape index (κ3) is 5.45. The topological polar surface area (TPSA) is 34.0 Å². The molecule has 4 aromatic carbocycles. The van der Waals surface area contributed by atoms with Gasteiger partial charge in [-0.2, -0.15) is 9.90 Å². The summed E-state index contributed by atoms with van der Waals surface area (Å²) in [6.07, 6.45) is 11.3. The summed E-state index contributed by atoms with van der Waals surface area (Å²) >= 11 is 0. The molecule has 0 atom stereocenters. The first-order valence-electron chi connectivity index (χ1n) is 12.4. The number of hydrogen-bond acceptors (Lipinski definition) is 3. The van der Waals surface area contributed by atoms with Gasteiger partial charge in [-0.3, -0.25) is 0 Å². The molecule has 0 saturated heterocycles. The zero-order chi connectivity index (χ0) is 26.2. The molecule has 0 spiro atoms. The zero-order valence-corrected chi connectivity index (χ0v) is 21.1. The van der Waals surface area contributed by atoms with Crippen LogP contribution in [0.2, 0.25) is 0 Å². The number of aromatic nitrogens is 3. The van der Waals surface area contributed by atoms with E-state index in [1.165, 1.54) is 11.1 Å². The van der Waals surface area contributed by atoms with Crippen LogP contribution in [0.5, 0.6) is 0 Å². The summed E-state index contributed by atoms with van der Waals surface area (Å²) in [6, 6.07) is 37.2. The lowest BCUT2D eigenvalue weighted by atomic mass is 10.1. The summed E-state index contributed by atoms with van der Waals surface area (Å²) in [6.45, 7) is 7.88. The van der Waals surface area contributed by atoms with Gasteiger partial charge < -0.3 is 4.90 Å². The van der Waals surface area contributed by atoms with E-state index in [0.717, 1.165) is 33.9 Å². The van der Waals surface area contributed by atoms with Crippen LogP contribution in [-0.4, -0.2) is 15.0 Å². The lowest BCUT2D eigenvalue weighted by molar-refractivity contribution is 0.778. The molecule has 0 aliphatic carbocycles. The van der Waals surface area contributed by atoms with E-state index in [4.69, 9.17) is 0 Å². The molecular formula is C34H28N4. The Bertz CT molecular complexity index is 1580. The van der Waals surface area contributed by atoms with Crippen molar-refractivity contribution >= 4 is 23.1 Å². The first-order chi connectivity index (χ1) is 18.8. The van der Waals surface area contributed by atoms with Crippen LogP contribution in [0.1, 0.15) is 5.56 Å². The van der Waals surface area contributed by atoms with E-state index in [9.17, 15) is 0 Å². The fraction of sp³-hybridized carbons (Fsp3) is 0. The van der Waals surface area contributed by atoms with Crippen molar-refractivity contribution in [2.24, 2.45) is 0 Å². The van der Waals surface area contributed by atoms with Crippen molar-refractivity contribution < 1.29 is 0 Å². The molecular weight excluding hydrogens is 464 g/mol. The zero-order valence-electron chi connectivity index (χ0n) is 21.1. The minimum absolute atomic E-state index is 0.760. The van der Waals surface area contributed by atoms with Gasteiger partial charge in [-0.25, -0.2) is 0 Å². The molecule has 0 saturated carbocycles. The monoisotopic (exact) mass is 492 g/mol. The van der Waals surface area contributed by atoms with Gasteiger partial charge in [0, 0.05) is 23.1 Å². The minimum atomic E-state index is 0.760. The molecule has 4 nitrogen and oxygen atoms in total. The Morgan fingerprint density at radius 3 is 2.05 bits per heavy atom. The van der Waals surface area contributed by atoms with Gasteiger partial charge in [0.2, 0.25) is 0 Å². The van der Waals surface area contributed by atoms with Gasteiger partial charge in [0.15, 0.2) is 0 Å². The summed E-state index contributed by atoms with van der Waals surface area (Å²) in [7, 11) is 0. The van der Waals surface area contributed by atoms with Crippen molar-refractivity contribution in [3.05, 3.63) is 159 Å². The van der Waals surface area contributed by atoms with E-state index in [0.29, 0.717) is 0 Å². The quantitative estimate of drug-likeness (QED) is 0.193. The lowest BCUT2D eigenvalue weighted by Crippen LogP contribution is -2.08. The fourth-order valence-corrected chi connectivity index (χ4v) is 4.22. The highest BCUT2D eigenvalue weighted by atomic mass is 15.5. The van der Waals surface area contributed by atoms with Gasteiger partial charge in [-0.1, -0.05) is 104 Å². The molecule has 1 heterocycles. The Morgan fingerprint density at radius 2 is 1.34 bits per heavy atom. The number of anilines is 2. The highest BCUT2D eigenvalue weighted by Gasteiger charge is 2.09. The molecule has 38 heavy (non-hydrogen) atoms. The molecule has 5 rings (SSSR count). The largest absolute Gasteiger partial charge is 0.317 e. The Balaban J connectivity index is 1.43. The number of hydrogen-bond donors (Lipinski definition) is 0. The van der Waals surface area contributed by atoms with Crippen LogP contribution in [-0.2, 0) is 0 Å². The maximum absolute atomic E-state index is 4.68. The third-order valence-electron chi connectivity index (χ3n) is 6.18. The average molecular weight is 493 g/mol. The molecule has 0 fully saturated rings. The summed E-state index contributed by atoms with van der Waals surface area (Å²) in [4.78, 5) is 3.74. The van der Waals surface area contributed by atoms with E-state index in [1.807, 2.05) is 73.0 Å². The first-order valence-corrected chi connectivity index (χ1v) is 12.4. The van der Waals surface area contributed by atoms with Gasteiger partial charge >= 0.3 is 0 Å². The minimum Gasteiger partial charge on any atom is -0.317 e. The summed E-state index contributed by atoms with van der Waals surface area (Å²) in [5.74, 6) is 0. The predicted molar refractivity (Wildman–Crippen MR) is 160 cm³/mol. The van der Waals surface area contributed by atoms with Crippen molar-refractivity contribution in [1.29, 1.82) is 0 Å². The highest BCUT2D eigenvalue weighted by molar-refractivity contribution is 5.73. The van der Waals surface area contributed by atoms with Gasteiger partial charge in [0.25, 0.3) is 0 Å². The smallest absolute Gasteiger partial charge is 0.114 e. The normalized spacial score (nSPS) is 11.4. The third-order valence-corrected chi connectivity index (χ3v) is 6.18. The summed E-state index contributed by atoms with van der Waals surface area (Å²) in [5, 5.41) is 9.16. The second-order valence-electron chi connectivity index (χ2n) is 8.57. The molecule has 0 N–H and O–H groups in total. The number of benzene rings is 4. The molecule has 0 amide bonds. The lowest BCUT2D eigenvalue weighted by Gasteiger charge is -2.21. The molecule has 0 radical (unpaired) electrons. The molecule has 1 aromatic heterocycles. The molecule has 4 heteroatoms. The van der Waals surface area contributed by atoms with E-state index in [1.54, 1.807) is 17.1 Å². The SMILES string of the molecule is C=C/C(=C\C=C\N(c1ccccc1)c1ccc(-c2ccccc2)cc1)n1ncc(-c2ccccc2C=C)n1. The van der Waals surface area contributed by atoms with Crippen LogP contribution in [0.4, 0.5) is 11.4 Å². The molecule has 184 valence electrons. The van der Waals surface area contributed by atoms with Crippen molar-refractivity contribution in [2.75, 3.05) is 4.90 Å². The standard InChI is InChI=1S/C34H28N4/c1-3-27-14-11-12-20-33(27)34-26-35-38(36-34)30(4-2)19-13-25-37(31-17-9-6-10-18-31)32-23-21-29(22-24-32)28-15-7-5-8-16-28/h3-26H,1-2H2/b25-13+,30-19+. The van der Waals surface area contributed by atoms with Gasteiger partial charge in [0.1, 0.15) is 5.69 Å².